The molecule has 3 rings (SSSR count). The largest absolute Gasteiger partial charge is 0.435 e. The SMILES string of the molecule is Cc1ccc(-c2cc(C(F)(F)F)nn2-[13c]2[13cH][13cH][13c](S(N)(=O)=O)[13cH][13cH]2)cc1. The van der Waals surface area contributed by atoms with Gasteiger partial charge in [-0.1, -0.05) is 29.8 Å². The van der Waals surface area contributed by atoms with Gasteiger partial charge in [-0.3, -0.25) is 0 Å². The van der Waals surface area contributed by atoms with Gasteiger partial charge in [0.15, 0.2) is 5.69 Å². The number of primary sulfonamides is 1. The monoisotopic (exact) mass is 387 g/mol. The topological polar surface area (TPSA) is 78.0 Å². The zero-order valence-corrected chi connectivity index (χ0v) is 14.3. The second kappa shape index (κ2) is 6.26. The fourth-order valence-electron chi connectivity index (χ4n) is 2.42. The lowest BCUT2D eigenvalue weighted by Gasteiger charge is -2.09. The van der Waals surface area contributed by atoms with Crippen LogP contribution in [0.1, 0.15) is 11.3 Å². The van der Waals surface area contributed by atoms with Crippen molar-refractivity contribution in [1.82, 2.24) is 9.78 Å². The van der Waals surface area contributed by atoms with E-state index in [-0.39, 0.29) is 16.3 Å². The molecule has 0 saturated heterocycles. The molecule has 0 bridgehead atoms. The Hall–Kier alpha value is -2.65. The van der Waals surface area contributed by atoms with Gasteiger partial charge in [-0.05, 0) is 37.3 Å². The molecule has 26 heavy (non-hydrogen) atoms. The Bertz CT molecular complexity index is 1040. The van der Waals surface area contributed by atoms with Gasteiger partial charge < -0.3 is 0 Å². The number of nitrogens with two attached hydrogens (primary N) is 1. The van der Waals surface area contributed by atoms with E-state index in [9.17, 15) is 21.6 Å². The lowest BCUT2D eigenvalue weighted by Crippen LogP contribution is -2.12. The maximum absolute atomic E-state index is 13.1. The van der Waals surface area contributed by atoms with Crippen LogP contribution in [0.4, 0.5) is 13.2 Å². The smallest absolute Gasteiger partial charge is 0.233 e. The number of rotatable bonds is 3. The number of halogens is 3. The van der Waals surface area contributed by atoms with Gasteiger partial charge >= 0.3 is 6.18 Å². The van der Waals surface area contributed by atoms with Crippen LogP contribution in [-0.4, -0.2) is 18.2 Å². The number of aromatic nitrogens is 2. The standard InChI is InChI=1S/C17H14F3N3O2S/c1-11-2-4-12(5-3-11)15-10-16(17(18,19)20)22-23(15)13-6-8-14(9-7-13)26(21,24)25/h2-10H,1H3,(H2,21,24,25)/i6+1,7+1,8+1,9+1,13+1,14+1. The van der Waals surface area contributed by atoms with E-state index in [1.807, 2.05) is 6.92 Å². The first-order chi connectivity index (χ1) is 12.1. The van der Waals surface area contributed by atoms with Gasteiger partial charge in [0.25, 0.3) is 0 Å². The first kappa shape index (κ1) is 18.2. The Kier molecular flexibility index (Phi) is 4.37. The number of aryl methyl sites for hydroxylation is 1. The highest BCUT2D eigenvalue weighted by molar-refractivity contribution is 7.89. The summed E-state index contributed by atoms with van der Waals surface area (Å²) in [7, 11) is -3.90. The average Bonchev–Trinajstić information content (AvgIpc) is 3.00. The predicted molar refractivity (Wildman–Crippen MR) is 90.1 cm³/mol. The molecule has 136 valence electrons. The van der Waals surface area contributed by atoms with Gasteiger partial charge in [0, 0.05) is 5.56 Å². The predicted octanol–water partition coefficient (Wildman–Crippen LogP) is 3.51. The third kappa shape index (κ3) is 3.63. The maximum Gasteiger partial charge on any atom is 0.435 e. The quantitative estimate of drug-likeness (QED) is 0.747. The van der Waals surface area contributed by atoms with Crippen molar-refractivity contribution in [2.75, 3.05) is 0 Å². The second-order valence-corrected chi connectivity index (χ2v) is 7.29. The third-order valence-corrected chi connectivity index (χ3v) is 4.69. The molecule has 1 heterocycles. The summed E-state index contributed by atoms with van der Waals surface area (Å²) in [5, 5.41) is 8.70. The summed E-state index contributed by atoms with van der Waals surface area (Å²) in [4.78, 5) is -0.138. The minimum absolute atomic E-state index is 0.138. The fraction of sp³-hybridized carbons (Fsp3) is 0.118. The average molecular weight is 387 g/mol. The highest BCUT2D eigenvalue weighted by Gasteiger charge is 2.35. The van der Waals surface area contributed by atoms with Gasteiger partial charge in [0.05, 0.1) is 16.3 Å². The first-order valence-corrected chi connectivity index (χ1v) is 8.98. The van der Waals surface area contributed by atoms with Gasteiger partial charge in [0.2, 0.25) is 10.0 Å². The van der Waals surface area contributed by atoms with Gasteiger partial charge in [-0.15, -0.1) is 0 Å². The Morgan fingerprint density at radius 2 is 1.58 bits per heavy atom. The molecule has 0 unspecified atom stereocenters. The summed E-state index contributed by atoms with van der Waals surface area (Å²) >= 11 is 0. The van der Waals surface area contributed by atoms with Crippen LogP contribution in [0.2, 0.25) is 0 Å². The van der Waals surface area contributed by atoms with Crippen molar-refractivity contribution in [3.05, 3.63) is 65.9 Å². The molecule has 0 aliphatic heterocycles. The molecule has 5 nitrogen and oxygen atoms in total. The summed E-state index contributed by atoms with van der Waals surface area (Å²) in [6.45, 7) is 1.87. The number of sulfonamides is 1. The number of nitrogens with zero attached hydrogens (tertiary/aromatic N) is 2. The Morgan fingerprint density at radius 3 is 2.08 bits per heavy atom. The molecule has 1 aromatic heterocycles. The number of hydrogen-bond donors (Lipinski definition) is 1. The van der Waals surface area contributed by atoms with Gasteiger partial charge in [0.1, 0.15) is 0 Å². The number of hydrogen-bond acceptors (Lipinski definition) is 3. The van der Waals surface area contributed by atoms with Crippen molar-refractivity contribution >= 4 is 10.0 Å². The molecule has 0 spiro atoms. The molecule has 0 saturated carbocycles. The Balaban J connectivity index is 2.16. The van der Waals surface area contributed by atoms with Crippen molar-refractivity contribution < 1.29 is 21.6 Å². The van der Waals surface area contributed by atoms with Crippen molar-refractivity contribution in [3.63, 3.8) is 0 Å². The van der Waals surface area contributed by atoms with E-state index in [0.717, 1.165) is 16.3 Å². The van der Waals surface area contributed by atoms with Crippen molar-refractivity contribution in [3.8, 4) is 16.9 Å². The summed E-state index contributed by atoms with van der Waals surface area (Å²) in [5.74, 6) is 0. The zero-order valence-electron chi connectivity index (χ0n) is 13.5. The lowest BCUT2D eigenvalue weighted by molar-refractivity contribution is -0.141. The van der Waals surface area contributed by atoms with Crippen molar-refractivity contribution in [1.29, 1.82) is 0 Å². The van der Waals surface area contributed by atoms with Crippen LogP contribution in [-0.2, 0) is 16.2 Å². The summed E-state index contributed by atoms with van der Waals surface area (Å²) in [5.41, 5.74) is 0.996. The molecular formula is C17H14F3N3O2S. The first-order valence-electron chi connectivity index (χ1n) is 7.43. The Labute approximate surface area is 147 Å². The van der Waals surface area contributed by atoms with Crippen molar-refractivity contribution in [2.45, 2.75) is 18.0 Å². The molecule has 0 fully saturated rings. The van der Waals surface area contributed by atoms with Crippen molar-refractivity contribution in [2.24, 2.45) is 5.14 Å². The van der Waals surface area contributed by atoms with E-state index < -0.39 is 21.9 Å². The fourth-order valence-corrected chi connectivity index (χ4v) is 2.94. The van der Waals surface area contributed by atoms with Crippen LogP contribution in [0.15, 0.2) is 59.5 Å². The highest BCUT2D eigenvalue weighted by atomic mass is 32.2. The minimum Gasteiger partial charge on any atom is -0.233 e. The van der Waals surface area contributed by atoms with Crippen LogP contribution in [0.3, 0.4) is 0 Å². The molecule has 2 N–H and O–H groups in total. The lowest BCUT2D eigenvalue weighted by atomic mass is 10.1. The summed E-state index contributed by atoms with van der Waals surface area (Å²) in [6.07, 6.45) is -4.61. The van der Waals surface area contributed by atoms with Crippen LogP contribution in [0.5, 0.6) is 0 Å². The second-order valence-electron chi connectivity index (χ2n) is 5.73. The summed E-state index contributed by atoms with van der Waals surface area (Å²) in [6, 6.07) is 13.1. The van der Waals surface area contributed by atoms with E-state index in [4.69, 9.17) is 5.14 Å². The van der Waals surface area contributed by atoms with E-state index in [2.05, 4.69) is 5.10 Å². The van der Waals surface area contributed by atoms with Crippen LogP contribution < -0.4 is 5.14 Å². The third-order valence-electron chi connectivity index (χ3n) is 3.76. The van der Waals surface area contributed by atoms with Gasteiger partial charge in [-0.2, -0.15) is 18.3 Å². The van der Waals surface area contributed by atoms with Crippen LogP contribution in [0, 0.1) is 6.92 Å². The number of alkyl halides is 3. The normalized spacial score (nSPS) is 12.3. The maximum atomic E-state index is 13.1. The van der Waals surface area contributed by atoms with E-state index in [0.29, 0.717) is 5.56 Å². The molecule has 0 aliphatic rings. The zero-order chi connectivity index (χ0) is 19.1. The molecule has 0 radical (unpaired) electrons. The number of benzene rings is 2. The van der Waals surface area contributed by atoms with Crippen LogP contribution in [0.25, 0.3) is 16.9 Å². The highest BCUT2D eigenvalue weighted by Crippen LogP contribution is 2.33. The van der Waals surface area contributed by atoms with E-state index in [1.165, 1.54) is 24.3 Å². The Morgan fingerprint density at radius 1 is 1.00 bits per heavy atom. The molecule has 2 aromatic carbocycles. The molecule has 9 heteroatoms. The molecular weight excluding hydrogens is 373 g/mol. The van der Waals surface area contributed by atoms with Crippen LogP contribution >= 0.6 is 0 Å². The van der Waals surface area contributed by atoms with E-state index >= 15 is 0 Å². The molecule has 3 aromatic rings. The molecule has 0 atom stereocenters. The van der Waals surface area contributed by atoms with E-state index in [1.54, 1.807) is 24.3 Å². The van der Waals surface area contributed by atoms with Gasteiger partial charge in [-0.25, -0.2) is 18.2 Å². The molecule has 0 amide bonds. The molecule has 0 aliphatic carbocycles. The summed E-state index contributed by atoms with van der Waals surface area (Å²) < 4.78 is 63.2. The minimum atomic E-state index is -4.61.